The van der Waals surface area contributed by atoms with E-state index in [4.69, 9.17) is 4.74 Å². The Morgan fingerprint density at radius 2 is 1.97 bits per heavy atom. The second-order valence-electron chi connectivity index (χ2n) is 8.44. The summed E-state index contributed by atoms with van der Waals surface area (Å²) in [6.07, 6.45) is 6.28. The van der Waals surface area contributed by atoms with Gasteiger partial charge in [0.05, 0.1) is 30.9 Å². The number of imidazole rings is 1. The van der Waals surface area contributed by atoms with Gasteiger partial charge in [-0.1, -0.05) is 24.3 Å². The van der Waals surface area contributed by atoms with Crippen LogP contribution in [0.1, 0.15) is 30.3 Å². The molecule has 2 heterocycles. The second kappa shape index (κ2) is 11.4. The Labute approximate surface area is 206 Å². The Balaban J connectivity index is 1.51. The number of para-hydroxylation sites is 1. The van der Waals surface area contributed by atoms with Gasteiger partial charge in [-0.05, 0) is 57.5 Å². The predicted octanol–water partition coefficient (Wildman–Crippen LogP) is 5.21. The molecular formula is C27H32N6O2. The number of hydrogen-bond acceptors (Lipinski definition) is 4. The van der Waals surface area contributed by atoms with Crippen LogP contribution >= 0.6 is 0 Å². The van der Waals surface area contributed by atoms with Gasteiger partial charge in [-0.2, -0.15) is 5.10 Å². The van der Waals surface area contributed by atoms with Crippen molar-refractivity contribution >= 4 is 11.7 Å². The van der Waals surface area contributed by atoms with E-state index in [1.807, 2.05) is 95.7 Å². The zero-order chi connectivity index (χ0) is 24.6. The maximum Gasteiger partial charge on any atom is 0.322 e. The van der Waals surface area contributed by atoms with Crippen molar-refractivity contribution in [2.24, 2.45) is 0 Å². The summed E-state index contributed by atoms with van der Waals surface area (Å²) in [5, 5.41) is 7.64. The summed E-state index contributed by atoms with van der Waals surface area (Å²) >= 11 is 0. The average molecular weight is 473 g/mol. The van der Waals surface area contributed by atoms with Crippen molar-refractivity contribution < 1.29 is 9.53 Å². The third kappa shape index (κ3) is 6.29. The van der Waals surface area contributed by atoms with Crippen LogP contribution in [0, 0.1) is 13.8 Å². The summed E-state index contributed by atoms with van der Waals surface area (Å²) in [5.74, 6) is 0.800. The van der Waals surface area contributed by atoms with Crippen molar-refractivity contribution in [1.29, 1.82) is 0 Å². The van der Waals surface area contributed by atoms with E-state index in [0.717, 1.165) is 47.0 Å². The number of benzene rings is 2. The molecule has 2 amide bonds. The first-order valence-electron chi connectivity index (χ1n) is 11.9. The van der Waals surface area contributed by atoms with E-state index in [-0.39, 0.29) is 6.03 Å². The minimum absolute atomic E-state index is 0.160. The Kier molecular flexibility index (Phi) is 7.82. The van der Waals surface area contributed by atoms with E-state index < -0.39 is 0 Å². The molecule has 35 heavy (non-hydrogen) atoms. The van der Waals surface area contributed by atoms with Crippen molar-refractivity contribution in [2.45, 2.75) is 40.3 Å². The number of carbonyl (C=O) groups excluding carboxylic acids is 1. The lowest BCUT2D eigenvalue weighted by atomic mass is 10.2. The molecular weight excluding hydrogens is 440 g/mol. The zero-order valence-electron chi connectivity index (χ0n) is 20.5. The molecule has 0 aliphatic heterocycles. The molecule has 0 atom stereocenters. The highest BCUT2D eigenvalue weighted by Gasteiger charge is 2.17. The number of amides is 2. The summed E-state index contributed by atoms with van der Waals surface area (Å²) in [5.41, 5.74) is 4.59. The first-order chi connectivity index (χ1) is 17.0. The molecule has 4 rings (SSSR count). The summed E-state index contributed by atoms with van der Waals surface area (Å²) < 4.78 is 9.69. The highest BCUT2D eigenvalue weighted by molar-refractivity contribution is 5.89. The highest BCUT2D eigenvalue weighted by Crippen LogP contribution is 2.22. The molecule has 0 aliphatic rings. The molecule has 0 saturated carbocycles. The van der Waals surface area contributed by atoms with E-state index in [0.29, 0.717) is 19.7 Å². The summed E-state index contributed by atoms with van der Waals surface area (Å²) in [7, 11) is 0. The van der Waals surface area contributed by atoms with Gasteiger partial charge < -0.3 is 19.5 Å². The smallest absolute Gasteiger partial charge is 0.322 e. The van der Waals surface area contributed by atoms with Gasteiger partial charge in [0.15, 0.2) is 0 Å². The molecule has 1 N–H and O–H groups in total. The molecule has 0 bridgehead atoms. The lowest BCUT2D eigenvalue weighted by Gasteiger charge is -2.24. The molecule has 0 saturated heterocycles. The summed E-state index contributed by atoms with van der Waals surface area (Å²) in [4.78, 5) is 19.4. The van der Waals surface area contributed by atoms with E-state index in [1.54, 1.807) is 12.5 Å². The van der Waals surface area contributed by atoms with Crippen LogP contribution in [-0.4, -0.2) is 43.4 Å². The monoisotopic (exact) mass is 472 g/mol. The fourth-order valence-corrected chi connectivity index (χ4v) is 4.06. The highest BCUT2D eigenvalue weighted by atomic mass is 16.5. The first kappa shape index (κ1) is 24.1. The number of nitrogens with one attached hydrogen (secondary N) is 1. The van der Waals surface area contributed by atoms with Crippen LogP contribution in [0.15, 0.2) is 73.3 Å². The number of anilines is 1. The molecule has 0 aliphatic carbocycles. The van der Waals surface area contributed by atoms with Crippen LogP contribution in [0.4, 0.5) is 10.5 Å². The lowest BCUT2D eigenvalue weighted by molar-refractivity contribution is 0.206. The van der Waals surface area contributed by atoms with Gasteiger partial charge in [-0.25, -0.2) is 14.5 Å². The number of hydrogen-bond donors (Lipinski definition) is 1. The van der Waals surface area contributed by atoms with Crippen LogP contribution in [0.3, 0.4) is 0 Å². The Morgan fingerprint density at radius 3 is 2.71 bits per heavy atom. The van der Waals surface area contributed by atoms with Crippen molar-refractivity contribution in [3.63, 3.8) is 0 Å². The van der Waals surface area contributed by atoms with Crippen molar-refractivity contribution in [3.05, 3.63) is 90.3 Å². The van der Waals surface area contributed by atoms with Crippen molar-refractivity contribution in [3.8, 4) is 11.4 Å². The summed E-state index contributed by atoms with van der Waals surface area (Å²) in [6.45, 7) is 8.33. The quantitative estimate of drug-likeness (QED) is 0.344. The average Bonchev–Trinajstić information content (AvgIpc) is 3.48. The second-order valence-corrected chi connectivity index (χ2v) is 8.44. The van der Waals surface area contributed by atoms with Gasteiger partial charge in [0.25, 0.3) is 0 Å². The largest absolute Gasteiger partial charge is 0.494 e. The van der Waals surface area contributed by atoms with E-state index >= 15 is 0 Å². The third-order valence-corrected chi connectivity index (χ3v) is 5.68. The van der Waals surface area contributed by atoms with Gasteiger partial charge in [0.1, 0.15) is 5.75 Å². The number of aromatic nitrogens is 4. The van der Waals surface area contributed by atoms with Crippen LogP contribution in [0.25, 0.3) is 5.69 Å². The van der Waals surface area contributed by atoms with Crippen LogP contribution in [-0.2, 0) is 13.1 Å². The Bertz CT molecular complexity index is 1250. The topological polar surface area (TPSA) is 77.2 Å². The minimum Gasteiger partial charge on any atom is -0.494 e. The fraction of sp³-hybridized carbons (Fsp3) is 0.296. The number of nitrogens with zero attached hydrogens (tertiary/aromatic N) is 5. The van der Waals surface area contributed by atoms with Crippen LogP contribution in [0.2, 0.25) is 0 Å². The van der Waals surface area contributed by atoms with Gasteiger partial charge in [0, 0.05) is 42.4 Å². The zero-order valence-corrected chi connectivity index (χ0v) is 20.5. The van der Waals surface area contributed by atoms with Crippen molar-refractivity contribution in [2.75, 3.05) is 18.5 Å². The number of urea groups is 1. The maximum atomic E-state index is 13.4. The number of aryl methyl sites for hydroxylation is 3. The third-order valence-electron chi connectivity index (χ3n) is 5.68. The Morgan fingerprint density at radius 1 is 1.11 bits per heavy atom. The van der Waals surface area contributed by atoms with Crippen molar-refractivity contribution in [1.82, 2.24) is 24.2 Å². The molecule has 8 heteroatoms. The molecule has 8 nitrogen and oxygen atoms in total. The SMILES string of the molecule is CCOc1ccccc1CN(CCCn1ccnc1)C(=O)Nc1cccc(-n2nc(C)cc2C)c1. The minimum atomic E-state index is -0.160. The Hall–Kier alpha value is -4.07. The number of carbonyl (C=O) groups is 1. The lowest BCUT2D eigenvalue weighted by Crippen LogP contribution is -2.35. The fourth-order valence-electron chi connectivity index (χ4n) is 4.06. The standard InChI is InChI=1S/C27H32N6O2/c1-4-35-26-12-6-5-9-23(26)19-32(15-8-14-31-16-13-28-20-31)27(34)29-24-10-7-11-25(18-24)33-22(3)17-21(2)30-33/h5-7,9-13,16-18,20H,4,8,14-15,19H2,1-3H3,(H,29,34). The molecule has 2 aromatic carbocycles. The molecule has 0 radical (unpaired) electrons. The predicted molar refractivity (Wildman–Crippen MR) is 137 cm³/mol. The normalized spacial score (nSPS) is 10.8. The van der Waals surface area contributed by atoms with Crippen LogP contribution < -0.4 is 10.1 Å². The molecule has 0 unspecified atom stereocenters. The number of rotatable bonds is 10. The maximum absolute atomic E-state index is 13.4. The van der Waals surface area contributed by atoms with Gasteiger partial charge in [-0.15, -0.1) is 0 Å². The van der Waals surface area contributed by atoms with Gasteiger partial charge in [0.2, 0.25) is 0 Å². The van der Waals surface area contributed by atoms with Crippen LogP contribution in [0.5, 0.6) is 5.75 Å². The molecule has 4 aromatic rings. The molecule has 182 valence electrons. The van der Waals surface area contributed by atoms with E-state index in [9.17, 15) is 4.79 Å². The molecule has 0 fully saturated rings. The summed E-state index contributed by atoms with van der Waals surface area (Å²) in [6, 6.07) is 17.5. The number of ether oxygens (including phenoxy) is 1. The van der Waals surface area contributed by atoms with Gasteiger partial charge in [-0.3, -0.25) is 0 Å². The molecule has 0 spiro atoms. The van der Waals surface area contributed by atoms with E-state index in [2.05, 4.69) is 15.4 Å². The first-order valence-corrected chi connectivity index (χ1v) is 11.9. The van der Waals surface area contributed by atoms with E-state index in [1.165, 1.54) is 0 Å². The van der Waals surface area contributed by atoms with Gasteiger partial charge >= 0.3 is 6.03 Å². The molecule has 2 aromatic heterocycles.